The Labute approximate surface area is 323 Å². The maximum absolute atomic E-state index is 4.95. The van der Waals surface area contributed by atoms with Crippen LogP contribution < -0.4 is 9.97 Å². The molecule has 0 saturated carbocycles. The molecule has 7 aromatic rings. The van der Waals surface area contributed by atoms with Crippen LogP contribution in [0.4, 0.5) is 0 Å². The molecule has 53 heavy (non-hydrogen) atoms. The van der Waals surface area contributed by atoms with Gasteiger partial charge in [-0.3, -0.25) is 0 Å². The Balaban J connectivity index is 0.000000431. The SMILES string of the molecule is CCC.CCC.CCC.CCC.[Cu+2].c1ccc2c(c1)-c1nc-2nc2[n-]c(nc3nc(nc4[n-]c(n1)c1ccccc41)-c1ccccc1-3)c1ccccc21. The first kappa shape index (κ1) is 40.5. The maximum Gasteiger partial charge on any atom is 2.00 e. The van der Waals surface area contributed by atoms with Crippen molar-refractivity contribution in [3.05, 3.63) is 97.1 Å². The van der Waals surface area contributed by atoms with Crippen LogP contribution in [-0.4, -0.2) is 29.9 Å². The Bertz CT molecular complexity index is 2100. The first-order valence-electron chi connectivity index (χ1n) is 18.5. The number of benzene rings is 4. The fourth-order valence-electron chi connectivity index (χ4n) is 5.46. The molecule has 0 spiro atoms. The molecule has 275 valence electrons. The normalized spacial score (nSPS) is 10.4. The maximum atomic E-state index is 4.95. The zero-order valence-electron chi connectivity index (χ0n) is 31.9. The molecule has 0 aliphatic carbocycles. The molecule has 3 aromatic heterocycles. The van der Waals surface area contributed by atoms with Gasteiger partial charge in [-0.2, -0.15) is 0 Å². The summed E-state index contributed by atoms with van der Waals surface area (Å²) in [6.45, 7) is 17.0. The topological polar surface area (TPSA) is 106 Å². The molecule has 4 aromatic carbocycles. The Morgan fingerprint density at radius 1 is 0.321 bits per heavy atom. The van der Waals surface area contributed by atoms with Crippen LogP contribution in [0.1, 0.15) is 81.1 Å². The van der Waals surface area contributed by atoms with Crippen LogP contribution in [0, 0.1) is 0 Å². The molecule has 2 aliphatic heterocycles. The zero-order valence-corrected chi connectivity index (χ0v) is 32.9. The number of aromatic nitrogens is 8. The predicted molar refractivity (Wildman–Crippen MR) is 218 cm³/mol. The molecule has 2 aliphatic rings. The van der Waals surface area contributed by atoms with Crippen LogP contribution in [0.25, 0.3) is 89.7 Å². The summed E-state index contributed by atoms with van der Waals surface area (Å²) in [6.07, 6.45) is 5.00. The fraction of sp³-hybridized carbons (Fsp3) is 0.273. The number of hydrogen-bond acceptors (Lipinski definition) is 6. The second kappa shape index (κ2) is 19.6. The number of fused-ring (bicyclic) bond motifs is 20. The summed E-state index contributed by atoms with van der Waals surface area (Å²) in [5, 5.41) is 3.57. The average molecular weight is 752 g/mol. The average Bonchev–Trinajstić information content (AvgIpc) is 3.89. The summed E-state index contributed by atoms with van der Waals surface area (Å²) >= 11 is 0. The van der Waals surface area contributed by atoms with E-state index in [1.807, 2.05) is 97.1 Å². The van der Waals surface area contributed by atoms with Crippen molar-refractivity contribution in [3.8, 4) is 45.6 Å². The third kappa shape index (κ3) is 8.87. The zero-order chi connectivity index (χ0) is 37.0. The van der Waals surface area contributed by atoms with Gasteiger partial charge in [0.1, 0.15) is 0 Å². The van der Waals surface area contributed by atoms with E-state index in [0.29, 0.717) is 45.9 Å². The Kier molecular flexibility index (Phi) is 15.0. The largest absolute Gasteiger partial charge is 2.00 e. The van der Waals surface area contributed by atoms with Gasteiger partial charge < -0.3 is 29.9 Å². The van der Waals surface area contributed by atoms with Gasteiger partial charge in [-0.1, -0.05) is 178 Å². The summed E-state index contributed by atoms with van der Waals surface area (Å²) in [4.78, 5) is 39.3. The van der Waals surface area contributed by atoms with E-state index in [0.717, 1.165) is 43.8 Å². The van der Waals surface area contributed by atoms with Crippen LogP contribution in [0.5, 0.6) is 0 Å². The summed E-state index contributed by atoms with van der Waals surface area (Å²) in [5.41, 5.74) is 5.78. The van der Waals surface area contributed by atoms with E-state index in [2.05, 4.69) is 55.4 Å². The van der Waals surface area contributed by atoms with Crippen LogP contribution in [0.15, 0.2) is 97.1 Å². The van der Waals surface area contributed by atoms with Gasteiger partial charge in [-0.05, 0) is 21.5 Å². The minimum absolute atomic E-state index is 0. The first-order chi connectivity index (χ1) is 25.5. The molecule has 9 heteroatoms. The molecule has 0 saturated heterocycles. The Morgan fingerprint density at radius 2 is 0.509 bits per heavy atom. The quantitative estimate of drug-likeness (QED) is 0.141. The molecular weight excluding hydrogens is 704 g/mol. The Morgan fingerprint density at radius 3 is 0.717 bits per heavy atom. The number of nitrogens with zero attached hydrogens (tertiary/aromatic N) is 8. The van der Waals surface area contributed by atoms with Crippen molar-refractivity contribution >= 4 is 44.1 Å². The van der Waals surface area contributed by atoms with Crippen molar-refractivity contribution in [2.45, 2.75) is 81.1 Å². The fourth-order valence-corrected chi connectivity index (χ4v) is 5.46. The molecule has 0 fully saturated rings. The number of rotatable bonds is 0. The van der Waals surface area contributed by atoms with Gasteiger partial charge in [0.25, 0.3) is 0 Å². The van der Waals surface area contributed by atoms with E-state index in [1.54, 1.807) is 0 Å². The molecule has 8 nitrogen and oxygen atoms in total. The molecule has 9 rings (SSSR count). The molecule has 1 radical (unpaired) electrons. The van der Waals surface area contributed by atoms with Crippen molar-refractivity contribution in [1.29, 1.82) is 0 Å². The summed E-state index contributed by atoms with van der Waals surface area (Å²) < 4.78 is 0. The Hall–Kier alpha value is -5.24. The van der Waals surface area contributed by atoms with Gasteiger partial charge in [-0.15, -0.1) is 0 Å². The summed E-state index contributed by atoms with van der Waals surface area (Å²) in [5.74, 6) is 2.21. The number of hydrogen-bond donors (Lipinski definition) is 0. The second-order valence-electron chi connectivity index (χ2n) is 12.5. The van der Waals surface area contributed by atoms with E-state index in [9.17, 15) is 0 Å². The van der Waals surface area contributed by atoms with Crippen LogP contribution in [0.3, 0.4) is 0 Å². The molecule has 8 bridgehead atoms. The van der Waals surface area contributed by atoms with E-state index in [1.165, 1.54) is 25.7 Å². The molecule has 0 amide bonds. The summed E-state index contributed by atoms with van der Waals surface area (Å²) in [6, 6.07) is 31.8. The van der Waals surface area contributed by atoms with Gasteiger partial charge in [0, 0.05) is 44.8 Å². The molecule has 0 atom stereocenters. The third-order valence-electron chi connectivity index (χ3n) is 7.33. The standard InChI is InChI=1S/C32H16N8.4C3H8.Cu/c1-2-10-18-17(9-1)25-33-26(18)38-28-21-13-5-6-14-22(21)30(35-28)40-32-24-16-8-7-15-23(24)31(36-32)39-29-20-12-4-3-11-19(20)27(34-29)37-25;4*1-3-2;/h1-16H;4*3H2,1-2H3;/q-2;;;;;+2. The van der Waals surface area contributed by atoms with Crippen molar-refractivity contribution in [3.63, 3.8) is 0 Å². The monoisotopic (exact) mass is 751 g/mol. The van der Waals surface area contributed by atoms with Gasteiger partial charge in [0.2, 0.25) is 0 Å². The van der Waals surface area contributed by atoms with Gasteiger partial charge in [0.15, 0.2) is 0 Å². The van der Waals surface area contributed by atoms with E-state index >= 15 is 0 Å². The first-order valence-corrected chi connectivity index (χ1v) is 18.5. The smallest absolute Gasteiger partial charge is 0.357 e. The van der Waals surface area contributed by atoms with Gasteiger partial charge in [-0.25, -0.2) is 9.97 Å². The van der Waals surface area contributed by atoms with E-state index in [4.69, 9.17) is 39.9 Å². The van der Waals surface area contributed by atoms with E-state index in [-0.39, 0.29) is 17.1 Å². The molecule has 0 unspecified atom stereocenters. The van der Waals surface area contributed by atoms with Crippen molar-refractivity contribution in [2.75, 3.05) is 0 Å². The summed E-state index contributed by atoms with van der Waals surface area (Å²) in [7, 11) is 0. The minimum Gasteiger partial charge on any atom is -0.357 e. The van der Waals surface area contributed by atoms with Crippen molar-refractivity contribution < 1.29 is 17.1 Å². The van der Waals surface area contributed by atoms with E-state index < -0.39 is 0 Å². The van der Waals surface area contributed by atoms with Crippen molar-refractivity contribution in [2.24, 2.45) is 0 Å². The second-order valence-corrected chi connectivity index (χ2v) is 12.5. The molecular formula is C44H48CuN8. The van der Waals surface area contributed by atoms with Crippen LogP contribution in [-0.2, 0) is 17.1 Å². The predicted octanol–water partition coefficient (Wildman–Crippen LogP) is 11.8. The molecule has 0 N–H and O–H groups in total. The van der Waals surface area contributed by atoms with Gasteiger partial charge >= 0.3 is 17.1 Å². The third-order valence-corrected chi connectivity index (χ3v) is 7.33. The van der Waals surface area contributed by atoms with Crippen LogP contribution in [0.2, 0.25) is 0 Å². The molecule has 5 heterocycles. The van der Waals surface area contributed by atoms with Crippen molar-refractivity contribution in [1.82, 2.24) is 39.9 Å². The van der Waals surface area contributed by atoms with Crippen LogP contribution >= 0.6 is 0 Å². The minimum atomic E-state index is 0. The van der Waals surface area contributed by atoms with Gasteiger partial charge in [0.05, 0.1) is 23.3 Å².